The highest BCUT2D eigenvalue weighted by molar-refractivity contribution is 6.00. The van der Waals surface area contributed by atoms with E-state index in [1.807, 2.05) is 23.1 Å². The van der Waals surface area contributed by atoms with Crippen LogP contribution in [0.1, 0.15) is 52.1 Å². The second-order valence-electron chi connectivity index (χ2n) is 9.85. The van der Waals surface area contributed by atoms with Crippen molar-refractivity contribution in [2.75, 3.05) is 37.6 Å². The molecule has 1 aliphatic heterocycles. The van der Waals surface area contributed by atoms with Crippen molar-refractivity contribution in [3.8, 4) is 0 Å². The normalized spacial score (nSPS) is 14.2. The number of para-hydroxylation sites is 1. The Bertz CT molecular complexity index is 884. The van der Waals surface area contributed by atoms with Gasteiger partial charge in [0.15, 0.2) is 0 Å². The molecular formula is C26H39N5O2. The summed E-state index contributed by atoms with van der Waals surface area (Å²) < 4.78 is 1.75. The van der Waals surface area contributed by atoms with Crippen LogP contribution >= 0.6 is 0 Å². The van der Waals surface area contributed by atoms with E-state index in [9.17, 15) is 9.59 Å². The number of amides is 2. The summed E-state index contributed by atoms with van der Waals surface area (Å²) in [6.45, 7) is 13.3. The van der Waals surface area contributed by atoms with Crippen LogP contribution in [0.4, 0.5) is 5.69 Å². The summed E-state index contributed by atoms with van der Waals surface area (Å²) in [6.07, 6.45) is 6.87. The number of fused-ring (bicyclic) bond motifs is 1. The Morgan fingerprint density at radius 1 is 1.12 bits per heavy atom. The fraction of sp³-hybridized carbons (Fsp3) is 0.577. The molecule has 0 saturated heterocycles. The molecule has 180 valence electrons. The quantitative estimate of drug-likeness (QED) is 0.499. The van der Waals surface area contributed by atoms with E-state index in [1.54, 1.807) is 23.3 Å². The van der Waals surface area contributed by atoms with Gasteiger partial charge in [0.05, 0.1) is 12.7 Å². The third-order valence-corrected chi connectivity index (χ3v) is 5.92. The molecule has 0 bridgehead atoms. The molecule has 7 nitrogen and oxygen atoms in total. The summed E-state index contributed by atoms with van der Waals surface area (Å²) >= 11 is 0. The van der Waals surface area contributed by atoms with Crippen molar-refractivity contribution in [3.63, 3.8) is 0 Å². The SMILES string of the molecule is CC(C)CN(CCCNC(=O)CC(C(=O)N1CCc2ccccc21)n1ccnc1)CC(C)C. The predicted molar refractivity (Wildman–Crippen MR) is 132 cm³/mol. The fourth-order valence-corrected chi connectivity index (χ4v) is 4.59. The molecule has 0 radical (unpaired) electrons. The van der Waals surface area contributed by atoms with Crippen LogP contribution in [0.25, 0.3) is 0 Å². The van der Waals surface area contributed by atoms with E-state index in [1.165, 1.54) is 5.56 Å². The van der Waals surface area contributed by atoms with Crippen molar-refractivity contribution in [3.05, 3.63) is 48.5 Å². The first-order chi connectivity index (χ1) is 15.8. The van der Waals surface area contributed by atoms with Gasteiger partial charge in [-0.15, -0.1) is 0 Å². The summed E-state index contributed by atoms with van der Waals surface area (Å²) in [7, 11) is 0. The van der Waals surface area contributed by atoms with Crippen LogP contribution in [0.2, 0.25) is 0 Å². The fourth-order valence-electron chi connectivity index (χ4n) is 4.59. The molecule has 1 N–H and O–H groups in total. The second kappa shape index (κ2) is 12.0. The third kappa shape index (κ3) is 7.16. The minimum absolute atomic E-state index is 0.0619. The Morgan fingerprint density at radius 2 is 1.85 bits per heavy atom. The lowest BCUT2D eigenvalue weighted by molar-refractivity contribution is -0.128. The maximum Gasteiger partial charge on any atom is 0.250 e. The van der Waals surface area contributed by atoms with Crippen LogP contribution in [-0.2, 0) is 16.0 Å². The maximum atomic E-state index is 13.5. The van der Waals surface area contributed by atoms with Gasteiger partial charge >= 0.3 is 0 Å². The first kappa shape index (κ1) is 25.0. The number of benzene rings is 1. The van der Waals surface area contributed by atoms with Crippen LogP contribution in [0.3, 0.4) is 0 Å². The molecule has 1 aromatic heterocycles. The molecule has 1 aromatic carbocycles. The Labute approximate surface area is 198 Å². The molecule has 0 saturated carbocycles. The number of imidazole rings is 1. The summed E-state index contributed by atoms with van der Waals surface area (Å²) in [6, 6.07) is 7.38. The zero-order chi connectivity index (χ0) is 23.8. The zero-order valence-corrected chi connectivity index (χ0v) is 20.5. The number of nitrogens with zero attached hydrogens (tertiary/aromatic N) is 4. The Morgan fingerprint density at radius 3 is 2.52 bits per heavy atom. The van der Waals surface area contributed by atoms with Crippen LogP contribution in [0.5, 0.6) is 0 Å². The minimum Gasteiger partial charge on any atom is -0.356 e. The molecule has 0 spiro atoms. The topological polar surface area (TPSA) is 70.5 Å². The van der Waals surface area contributed by atoms with Crippen molar-refractivity contribution in [2.45, 2.75) is 53.0 Å². The number of hydrogen-bond donors (Lipinski definition) is 1. The number of nitrogens with one attached hydrogen (secondary N) is 1. The van der Waals surface area contributed by atoms with Gasteiger partial charge in [0.25, 0.3) is 5.91 Å². The van der Waals surface area contributed by atoms with E-state index in [4.69, 9.17) is 0 Å². The summed E-state index contributed by atoms with van der Waals surface area (Å²) in [4.78, 5) is 34.6. The van der Waals surface area contributed by atoms with E-state index in [-0.39, 0.29) is 18.2 Å². The summed E-state index contributed by atoms with van der Waals surface area (Å²) in [5.74, 6) is 1.08. The Kier molecular flexibility index (Phi) is 9.06. The molecule has 7 heteroatoms. The second-order valence-corrected chi connectivity index (χ2v) is 9.85. The first-order valence-corrected chi connectivity index (χ1v) is 12.2. The number of anilines is 1. The van der Waals surface area contributed by atoms with Gasteiger partial charge < -0.3 is 19.7 Å². The molecule has 33 heavy (non-hydrogen) atoms. The predicted octanol–water partition coefficient (Wildman–Crippen LogP) is 3.52. The lowest BCUT2D eigenvalue weighted by atomic mass is 10.1. The van der Waals surface area contributed by atoms with Gasteiger partial charge in [-0.1, -0.05) is 45.9 Å². The van der Waals surface area contributed by atoms with Crippen LogP contribution in [-0.4, -0.2) is 59.0 Å². The van der Waals surface area contributed by atoms with Crippen LogP contribution in [0, 0.1) is 11.8 Å². The standard InChI is InChI=1S/C26H39N5O2/c1-20(2)17-29(18-21(3)4)13-7-11-28-25(32)16-24(30-15-12-27-19-30)26(33)31-14-10-22-8-5-6-9-23(22)31/h5-6,8-9,12,15,19-21,24H,7,10-11,13-14,16-18H2,1-4H3,(H,28,32). The number of carbonyl (C=O) groups excluding carboxylic acids is 2. The third-order valence-electron chi connectivity index (χ3n) is 5.92. The van der Waals surface area contributed by atoms with E-state index >= 15 is 0 Å². The zero-order valence-electron chi connectivity index (χ0n) is 20.5. The largest absolute Gasteiger partial charge is 0.356 e. The molecular weight excluding hydrogens is 414 g/mol. The van der Waals surface area contributed by atoms with Crippen molar-refractivity contribution in [1.29, 1.82) is 0 Å². The minimum atomic E-state index is -0.600. The molecule has 1 unspecified atom stereocenters. The van der Waals surface area contributed by atoms with E-state index in [0.29, 0.717) is 24.9 Å². The summed E-state index contributed by atoms with van der Waals surface area (Å²) in [5, 5.41) is 3.03. The number of carbonyl (C=O) groups is 2. The number of aromatic nitrogens is 2. The van der Waals surface area contributed by atoms with Gasteiger partial charge in [0.1, 0.15) is 6.04 Å². The molecule has 2 aromatic rings. The van der Waals surface area contributed by atoms with Crippen molar-refractivity contribution in [2.24, 2.45) is 11.8 Å². The Hall–Kier alpha value is -2.67. The number of rotatable bonds is 12. The molecule has 0 fully saturated rings. The van der Waals surface area contributed by atoms with Gasteiger partial charge in [0, 0.05) is 44.3 Å². The van der Waals surface area contributed by atoms with Gasteiger partial charge in [0.2, 0.25) is 5.91 Å². The van der Waals surface area contributed by atoms with Crippen molar-refractivity contribution in [1.82, 2.24) is 19.8 Å². The lowest BCUT2D eigenvalue weighted by Gasteiger charge is -2.26. The lowest BCUT2D eigenvalue weighted by Crippen LogP contribution is -2.39. The molecule has 2 amide bonds. The summed E-state index contributed by atoms with van der Waals surface area (Å²) in [5.41, 5.74) is 2.12. The van der Waals surface area contributed by atoms with Gasteiger partial charge in [-0.2, -0.15) is 0 Å². The maximum absolute atomic E-state index is 13.5. The van der Waals surface area contributed by atoms with E-state index in [2.05, 4.69) is 49.0 Å². The average Bonchev–Trinajstić information content (AvgIpc) is 3.43. The highest BCUT2D eigenvalue weighted by Gasteiger charge is 2.32. The molecule has 0 aliphatic carbocycles. The van der Waals surface area contributed by atoms with Gasteiger partial charge in [-0.25, -0.2) is 4.98 Å². The van der Waals surface area contributed by atoms with Gasteiger partial charge in [-0.05, 0) is 42.9 Å². The van der Waals surface area contributed by atoms with Crippen molar-refractivity contribution >= 4 is 17.5 Å². The highest BCUT2D eigenvalue weighted by Crippen LogP contribution is 2.30. The Balaban J connectivity index is 1.56. The average molecular weight is 454 g/mol. The molecule has 2 heterocycles. The van der Waals surface area contributed by atoms with Crippen LogP contribution < -0.4 is 10.2 Å². The van der Waals surface area contributed by atoms with Crippen LogP contribution in [0.15, 0.2) is 43.0 Å². The monoisotopic (exact) mass is 453 g/mol. The molecule has 1 aliphatic rings. The molecule has 3 rings (SSSR count). The van der Waals surface area contributed by atoms with Crippen molar-refractivity contribution < 1.29 is 9.59 Å². The first-order valence-electron chi connectivity index (χ1n) is 12.2. The highest BCUT2D eigenvalue weighted by atomic mass is 16.2. The number of hydrogen-bond acceptors (Lipinski definition) is 4. The van der Waals surface area contributed by atoms with Gasteiger partial charge in [-0.3, -0.25) is 9.59 Å². The van der Waals surface area contributed by atoms with E-state index < -0.39 is 6.04 Å². The molecule has 1 atom stereocenters. The van der Waals surface area contributed by atoms with E-state index in [0.717, 1.165) is 38.2 Å². The smallest absolute Gasteiger partial charge is 0.250 e.